The third-order valence-corrected chi connectivity index (χ3v) is 5.01. The third kappa shape index (κ3) is 4.74. The molecule has 0 atom stereocenters. The second-order valence-corrected chi connectivity index (χ2v) is 7.09. The maximum absolute atomic E-state index is 12.7. The lowest BCUT2D eigenvalue weighted by molar-refractivity contribution is -0.243. The summed E-state index contributed by atoms with van der Waals surface area (Å²) >= 11 is 12.2. The molecule has 1 aliphatic rings. The Morgan fingerprint density at radius 3 is 2.47 bits per heavy atom. The number of hydrogen-bond acceptors (Lipinski definition) is 6. The Morgan fingerprint density at radius 1 is 1.17 bits per heavy atom. The van der Waals surface area contributed by atoms with Crippen LogP contribution in [0.15, 0.2) is 71.2 Å². The number of carbonyl (C=O) groups excluding carboxylic acids is 1. The summed E-state index contributed by atoms with van der Waals surface area (Å²) in [6, 6.07) is 11.2. The van der Waals surface area contributed by atoms with Crippen LogP contribution in [0.4, 0.5) is 5.69 Å². The zero-order valence-electron chi connectivity index (χ0n) is 15.5. The topological polar surface area (TPSA) is 120 Å². The summed E-state index contributed by atoms with van der Waals surface area (Å²) in [5.41, 5.74) is 7.60. The van der Waals surface area contributed by atoms with Crippen LogP contribution in [-0.2, 0) is 4.99 Å². The molecule has 0 aliphatic heterocycles. The van der Waals surface area contributed by atoms with Crippen molar-refractivity contribution < 1.29 is 20.2 Å². The molecule has 0 radical (unpaired) electrons. The van der Waals surface area contributed by atoms with Gasteiger partial charge in [-0.25, -0.2) is 10.1 Å². The molecular formula is C20H18Cl2N4O4. The number of amidine groups is 1. The highest BCUT2D eigenvalue weighted by Gasteiger charge is 2.21. The molecule has 156 valence electrons. The number of carbonyl (C=O) groups is 1. The van der Waals surface area contributed by atoms with Crippen molar-refractivity contribution in [2.24, 2.45) is 10.9 Å². The lowest BCUT2D eigenvalue weighted by atomic mass is 10.1. The fourth-order valence-corrected chi connectivity index (χ4v) is 3.47. The Kier molecular flexibility index (Phi) is 6.96. The molecule has 8 nitrogen and oxygen atoms in total. The molecule has 0 aromatic heterocycles. The van der Waals surface area contributed by atoms with E-state index in [2.05, 4.69) is 15.5 Å². The average Bonchev–Trinajstić information content (AvgIpc) is 2.74. The standard InChI is InChI=1S/C20H18Cl2N4O4/c21-14-4-3-5-15(22)18(14)20(27)24-16-6-1-2-7-17(16)26(28)13-10-8-12(9-11-13)19(23)25-30-29/h2-5,7-11,28-29H,1,6H2,(H2,23,25)(H,24,27). The molecule has 30 heavy (non-hydrogen) atoms. The maximum atomic E-state index is 12.7. The molecule has 1 aliphatic carbocycles. The van der Waals surface area contributed by atoms with Gasteiger partial charge in [-0.15, -0.1) is 0 Å². The van der Waals surface area contributed by atoms with E-state index < -0.39 is 5.91 Å². The highest BCUT2D eigenvalue weighted by molar-refractivity contribution is 6.39. The van der Waals surface area contributed by atoms with Crippen molar-refractivity contribution in [3.8, 4) is 0 Å². The van der Waals surface area contributed by atoms with Crippen LogP contribution in [0.5, 0.6) is 0 Å². The van der Waals surface area contributed by atoms with E-state index in [1.165, 1.54) is 0 Å². The van der Waals surface area contributed by atoms with Crippen molar-refractivity contribution in [2.45, 2.75) is 12.8 Å². The number of rotatable bonds is 6. The van der Waals surface area contributed by atoms with Crippen LogP contribution < -0.4 is 16.1 Å². The van der Waals surface area contributed by atoms with Crippen molar-refractivity contribution in [2.75, 3.05) is 5.06 Å². The zero-order valence-corrected chi connectivity index (χ0v) is 17.1. The van der Waals surface area contributed by atoms with E-state index >= 15 is 0 Å². The fraction of sp³-hybridized carbons (Fsp3) is 0.100. The molecule has 0 heterocycles. The minimum absolute atomic E-state index is 0.0325. The van der Waals surface area contributed by atoms with Gasteiger partial charge in [0.05, 0.1) is 27.0 Å². The Bertz CT molecular complexity index is 1020. The van der Waals surface area contributed by atoms with Crippen LogP contribution in [0.1, 0.15) is 28.8 Å². The van der Waals surface area contributed by atoms with Crippen LogP contribution in [0.2, 0.25) is 10.0 Å². The second-order valence-electron chi connectivity index (χ2n) is 6.27. The van der Waals surface area contributed by atoms with Gasteiger partial charge in [-0.2, -0.15) is 5.26 Å². The van der Waals surface area contributed by atoms with Gasteiger partial charge >= 0.3 is 0 Å². The van der Waals surface area contributed by atoms with Crippen molar-refractivity contribution >= 4 is 40.6 Å². The first kappa shape index (κ1) is 21.7. The quantitative estimate of drug-likeness (QED) is 0.226. The lowest BCUT2D eigenvalue weighted by Crippen LogP contribution is -2.30. The first-order valence-corrected chi connectivity index (χ1v) is 9.56. The summed E-state index contributed by atoms with van der Waals surface area (Å²) in [6.45, 7) is 0. The molecule has 0 saturated heterocycles. The number of nitrogens with two attached hydrogens (primary N) is 1. The molecule has 1 amide bonds. The lowest BCUT2D eigenvalue weighted by Gasteiger charge is -2.25. The first-order valence-electron chi connectivity index (χ1n) is 8.81. The first-order chi connectivity index (χ1) is 14.4. The van der Waals surface area contributed by atoms with Crippen molar-refractivity contribution in [3.63, 3.8) is 0 Å². The molecule has 0 fully saturated rings. The number of nitrogens with zero attached hydrogens (tertiary/aromatic N) is 2. The van der Waals surface area contributed by atoms with Crippen molar-refractivity contribution in [1.82, 2.24) is 5.32 Å². The van der Waals surface area contributed by atoms with E-state index in [4.69, 9.17) is 34.2 Å². The number of anilines is 1. The highest BCUT2D eigenvalue weighted by Crippen LogP contribution is 2.28. The highest BCUT2D eigenvalue weighted by atomic mass is 35.5. The number of amides is 1. The Hall–Kier alpha value is -3.04. The summed E-state index contributed by atoms with van der Waals surface area (Å²) in [4.78, 5) is 16.4. The van der Waals surface area contributed by atoms with E-state index in [0.29, 0.717) is 35.5 Å². The van der Waals surface area contributed by atoms with Gasteiger partial charge in [0.15, 0.2) is 5.84 Å². The van der Waals surface area contributed by atoms with Gasteiger partial charge < -0.3 is 11.1 Å². The summed E-state index contributed by atoms with van der Waals surface area (Å²) in [5.74, 6) is -0.500. The Labute approximate surface area is 182 Å². The number of benzene rings is 2. The molecule has 5 N–H and O–H groups in total. The van der Waals surface area contributed by atoms with Gasteiger partial charge in [0, 0.05) is 11.3 Å². The van der Waals surface area contributed by atoms with E-state index in [1.807, 2.05) is 6.08 Å². The zero-order chi connectivity index (χ0) is 21.7. The molecule has 0 bridgehead atoms. The van der Waals surface area contributed by atoms with Gasteiger partial charge in [0.1, 0.15) is 0 Å². The number of nitrogens with one attached hydrogen (secondary N) is 1. The third-order valence-electron chi connectivity index (χ3n) is 4.38. The summed E-state index contributed by atoms with van der Waals surface area (Å²) in [7, 11) is 0. The molecule has 2 aromatic rings. The van der Waals surface area contributed by atoms with E-state index in [1.54, 1.807) is 48.5 Å². The molecule has 0 unspecified atom stereocenters. The number of halogens is 2. The van der Waals surface area contributed by atoms with Crippen LogP contribution in [0.3, 0.4) is 0 Å². The predicted molar refractivity (Wildman–Crippen MR) is 114 cm³/mol. The number of oxime groups is 1. The van der Waals surface area contributed by atoms with Crippen LogP contribution >= 0.6 is 23.2 Å². The van der Waals surface area contributed by atoms with Crippen molar-refractivity contribution in [1.29, 1.82) is 0 Å². The maximum Gasteiger partial charge on any atom is 0.258 e. The smallest absolute Gasteiger partial charge is 0.258 e. The SMILES string of the molecule is N/C(=N\OO)c1ccc(N(O)C2=C(NC(=O)c3c(Cl)cccc3Cl)CCC=C2)cc1. The molecular weight excluding hydrogens is 431 g/mol. The molecule has 2 aromatic carbocycles. The van der Waals surface area contributed by atoms with Crippen LogP contribution in [0, 0.1) is 0 Å². The summed E-state index contributed by atoms with van der Waals surface area (Å²) in [5, 5.41) is 26.5. The summed E-state index contributed by atoms with van der Waals surface area (Å²) < 4.78 is 0. The minimum atomic E-state index is -0.467. The minimum Gasteiger partial charge on any atom is -0.380 e. The van der Waals surface area contributed by atoms with Gasteiger partial charge in [-0.1, -0.05) is 35.3 Å². The second kappa shape index (κ2) is 9.64. The monoisotopic (exact) mass is 448 g/mol. The van der Waals surface area contributed by atoms with Crippen molar-refractivity contribution in [3.05, 3.63) is 87.2 Å². The van der Waals surface area contributed by atoms with Gasteiger partial charge in [0.2, 0.25) is 0 Å². The summed E-state index contributed by atoms with van der Waals surface area (Å²) in [6.07, 6.45) is 4.78. The average molecular weight is 449 g/mol. The Balaban J connectivity index is 1.87. The van der Waals surface area contributed by atoms with E-state index in [-0.39, 0.29) is 21.4 Å². The van der Waals surface area contributed by atoms with E-state index in [9.17, 15) is 10.0 Å². The fourth-order valence-electron chi connectivity index (χ4n) is 2.90. The predicted octanol–water partition coefficient (Wildman–Crippen LogP) is 4.29. The van der Waals surface area contributed by atoms with Crippen LogP contribution in [0.25, 0.3) is 0 Å². The number of hydroxylamine groups is 1. The molecule has 0 saturated carbocycles. The van der Waals surface area contributed by atoms with Crippen LogP contribution in [-0.4, -0.2) is 22.2 Å². The molecule has 0 spiro atoms. The molecule has 10 heteroatoms. The number of allylic oxidation sites excluding steroid dienone is 3. The largest absolute Gasteiger partial charge is 0.380 e. The molecule has 3 rings (SSSR count). The van der Waals surface area contributed by atoms with Gasteiger partial charge in [0.25, 0.3) is 5.91 Å². The van der Waals surface area contributed by atoms with Gasteiger partial charge in [-0.05, 0) is 60.5 Å². The Morgan fingerprint density at radius 2 is 1.83 bits per heavy atom. The van der Waals surface area contributed by atoms with E-state index in [0.717, 1.165) is 5.06 Å². The number of hydrogen-bond donors (Lipinski definition) is 4. The normalized spacial score (nSPS) is 13.9. The van der Waals surface area contributed by atoms with Gasteiger partial charge in [-0.3, -0.25) is 10.0 Å².